The van der Waals surface area contributed by atoms with E-state index in [0.717, 1.165) is 11.1 Å². The van der Waals surface area contributed by atoms with Gasteiger partial charge in [0.2, 0.25) is 10.0 Å². The van der Waals surface area contributed by atoms with Gasteiger partial charge in [-0.1, -0.05) is 6.07 Å². The minimum Gasteiger partial charge on any atom is -0.494 e. The second-order valence-corrected chi connectivity index (χ2v) is 9.20. The van der Waals surface area contributed by atoms with Gasteiger partial charge in [-0.25, -0.2) is 8.42 Å². The Balaban J connectivity index is 1.97. The number of hydrogen-bond donors (Lipinski definition) is 2. The summed E-state index contributed by atoms with van der Waals surface area (Å²) in [6, 6.07) is 7.49. The van der Waals surface area contributed by atoms with Gasteiger partial charge in [-0.15, -0.1) is 0 Å². The summed E-state index contributed by atoms with van der Waals surface area (Å²) in [4.78, 5) is 24.5. The lowest BCUT2D eigenvalue weighted by atomic mass is 10.0. The number of amides is 1. The van der Waals surface area contributed by atoms with E-state index in [4.69, 9.17) is 9.47 Å². The summed E-state index contributed by atoms with van der Waals surface area (Å²) in [6.45, 7) is 10.4. The van der Waals surface area contributed by atoms with Gasteiger partial charge in [-0.05, 0) is 88.1 Å². The van der Waals surface area contributed by atoms with Crippen LogP contribution in [0.1, 0.15) is 36.1 Å². The van der Waals surface area contributed by atoms with Crippen LogP contribution < -0.4 is 14.8 Å². The van der Waals surface area contributed by atoms with Gasteiger partial charge < -0.3 is 14.8 Å². The molecule has 9 heteroatoms. The van der Waals surface area contributed by atoms with Crippen molar-refractivity contribution in [2.45, 2.75) is 52.5 Å². The largest absolute Gasteiger partial charge is 0.494 e. The number of benzene rings is 2. The lowest BCUT2D eigenvalue weighted by Crippen LogP contribution is -2.41. The zero-order chi connectivity index (χ0) is 24.1. The highest BCUT2D eigenvalue weighted by Gasteiger charge is 2.27. The maximum Gasteiger partial charge on any atom is 0.324 e. The molecule has 0 spiro atoms. The average Bonchev–Trinajstić information content (AvgIpc) is 2.71. The second-order valence-electron chi connectivity index (χ2n) is 7.55. The van der Waals surface area contributed by atoms with Crippen molar-refractivity contribution in [1.29, 1.82) is 0 Å². The number of esters is 1. The van der Waals surface area contributed by atoms with Crippen molar-refractivity contribution < 1.29 is 27.5 Å². The fourth-order valence-electron chi connectivity index (χ4n) is 3.18. The number of carbonyl (C=O) groups is 2. The third-order valence-electron chi connectivity index (χ3n) is 5.05. The number of aryl methyl sites for hydroxylation is 2. The lowest BCUT2D eigenvalue weighted by molar-refractivity contribution is -0.148. The topological polar surface area (TPSA) is 111 Å². The summed E-state index contributed by atoms with van der Waals surface area (Å²) >= 11 is 0. The molecule has 0 heterocycles. The van der Waals surface area contributed by atoms with Gasteiger partial charge in [-0.2, -0.15) is 4.72 Å². The molecule has 0 aliphatic carbocycles. The molecule has 0 saturated heterocycles. The van der Waals surface area contributed by atoms with Crippen molar-refractivity contribution in [3.8, 4) is 5.75 Å². The van der Waals surface area contributed by atoms with Crippen LogP contribution in [0.15, 0.2) is 35.2 Å². The zero-order valence-corrected chi connectivity index (χ0v) is 20.1. The first-order valence-corrected chi connectivity index (χ1v) is 11.7. The first kappa shape index (κ1) is 25.4. The summed E-state index contributed by atoms with van der Waals surface area (Å²) in [5.74, 6) is -0.721. The van der Waals surface area contributed by atoms with E-state index in [2.05, 4.69) is 10.0 Å². The van der Waals surface area contributed by atoms with Crippen LogP contribution in [0.4, 0.5) is 5.69 Å². The minimum atomic E-state index is -3.97. The normalized spacial score (nSPS) is 12.2. The van der Waals surface area contributed by atoms with Gasteiger partial charge in [0.25, 0.3) is 5.91 Å². The Morgan fingerprint density at radius 3 is 2.09 bits per heavy atom. The molecular weight excluding hydrogens is 432 g/mol. The van der Waals surface area contributed by atoms with Crippen LogP contribution >= 0.6 is 0 Å². The highest BCUT2D eigenvalue weighted by atomic mass is 32.2. The highest BCUT2D eigenvalue weighted by molar-refractivity contribution is 7.89. The molecule has 2 rings (SSSR count). The Morgan fingerprint density at radius 1 is 1.00 bits per heavy atom. The van der Waals surface area contributed by atoms with Crippen LogP contribution in [0.2, 0.25) is 0 Å². The van der Waals surface area contributed by atoms with Gasteiger partial charge in [-0.3, -0.25) is 9.59 Å². The Hall–Kier alpha value is -2.91. The molecule has 8 nitrogen and oxygen atoms in total. The van der Waals surface area contributed by atoms with Crippen molar-refractivity contribution >= 4 is 27.6 Å². The Labute approximate surface area is 189 Å². The van der Waals surface area contributed by atoms with Crippen LogP contribution in [-0.4, -0.2) is 39.5 Å². The molecule has 0 radical (unpaired) electrons. The number of carbonyl (C=O) groups excluding carboxylic acids is 2. The van der Waals surface area contributed by atoms with Crippen LogP contribution in [0.3, 0.4) is 0 Å². The molecule has 0 aliphatic heterocycles. The maximum absolute atomic E-state index is 12.9. The number of hydrogen-bond acceptors (Lipinski definition) is 6. The number of sulfonamides is 1. The van der Waals surface area contributed by atoms with Crippen LogP contribution in [0.5, 0.6) is 5.75 Å². The molecule has 0 unspecified atom stereocenters. The first-order chi connectivity index (χ1) is 15.0. The molecule has 1 atom stereocenters. The lowest BCUT2D eigenvalue weighted by Gasteiger charge is -2.18. The highest BCUT2D eigenvalue weighted by Crippen LogP contribution is 2.26. The quantitative estimate of drug-likeness (QED) is 0.554. The van der Waals surface area contributed by atoms with Crippen molar-refractivity contribution in [2.75, 3.05) is 18.5 Å². The molecule has 0 aliphatic rings. The van der Waals surface area contributed by atoms with Gasteiger partial charge in [0.05, 0.1) is 11.5 Å². The standard InChI is InChI=1S/C23H30N2O6S/c1-7-30-20-10-8-19(9-11-20)24-21(26)13-31-23(27)18(6)25-32(28,29)22-16(4)14(2)12-15(3)17(22)5/h8-12,18,25H,7,13H2,1-6H3,(H,24,26)/t18-/m0/s1. The molecule has 32 heavy (non-hydrogen) atoms. The smallest absolute Gasteiger partial charge is 0.324 e. The molecule has 1 amide bonds. The molecular formula is C23H30N2O6S. The molecule has 0 bridgehead atoms. The van der Waals surface area contributed by atoms with Crippen LogP contribution in [0, 0.1) is 27.7 Å². The van der Waals surface area contributed by atoms with Crippen molar-refractivity contribution in [3.63, 3.8) is 0 Å². The number of nitrogens with one attached hydrogen (secondary N) is 2. The van der Waals surface area contributed by atoms with E-state index in [-0.39, 0.29) is 4.90 Å². The third kappa shape index (κ3) is 6.30. The molecule has 2 aromatic carbocycles. The van der Waals surface area contributed by atoms with Crippen molar-refractivity contribution in [1.82, 2.24) is 4.72 Å². The summed E-state index contributed by atoms with van der Waals surface area (Å²) in [5.41, 5.74) is 3.44. The van der Waals surface area contributed by atoms with Crippen LogP contribution in [0.25, 0.3) is 0 Å². The van der Waals surface area contributed by atoms with E-state index >= 15 is 0 Å². The number of anilines is 1. The maximum atomic E-state index is 12.9. The van der Waals surface area contributed by atoms with Gasteiger partial charge >= 0.3 is 5.97 Å². The van der Waals surface area contributed by atoms with E-state index in [0.29, 0.717) is 29.2 Å². The fraction of sp³-hybridized carbons (Fsp3) is 0.391. The minimum absolute atomic E-state index is 0.155. The first-order valence-electron chi connectivity index (χ1n) is 10.2. The van der Waals surface area contributed by atoms with Crippen molar-refractivity contribution in [3.05, 3.63) is 52.6 Å². The Bertz CT molecular complexity index is 1070. The Kier molecular flexibility index (Phi) is 8.40. The van der Waals surface area contributed by atoms with E-state index in [1.807, 2.05) is 26.8 Å². The number of ether oxygens (including phenoxy) is 2. The van der Waals surface area contributed by atoms with Gasteiger partial charge in [0.15, 0.2) is 6.61 Å². The molecule has 0 fully saturated rings. The average molecular weight is 463 g/mol. The van der Waals surface area contributed by atoms with E-state index in [1.54, 1.807) is 38.1 Å². The monoisotopic (exact) mass is 462 g/mol. The van der Waals surface area contributed by atoms with E-state index in [1.165, 1.54) is 6.92 Å². The third-order valence-corrected chi connectivity index (χ3v) is 6.86. The van der Waals surface area contributed by atoms with Crippen molar-refractivity contribution in [2.24, 2.45) is 0 Å². The predicted octanol–water partition coefficient (Wildman–Crippen LogP) is 3.17. The van der Waals surface area contributed by atoms with E-state index in [9.17, 15) is 18.0 Å². The summed E-state index contributed by atoms with van der Waals surface area (Å²) < 4.78 is 38.5. The predicted molar refractivity (Wildman–Crippen MR) is 122 cm³/mol. The molecule has 0 saturated carbocycles. The summed E-state index contributed by atoms with van der Waals surface area (Å²) in [5, 5.41) is 2.60. The molecule has 2 aromatic rings. The molecule has 0 aromatic heterocycles. The number of rotatable bonds is 9. The van der Waals surface area contributed by atoms with E-state index < -0.39 is 34.5 Å². The van der Waals surface area contributed by atoms with Gasteiger partial charge in [0.1, 0.15) is 11.8 Å². The zero-order valence-electron chi connectivity index (χ0n) is 19.2. The van der Waals surface area contributed by atoms with Crippen LogP contribution in [-0.2, 0) is 24.3 Å². The SMILES string of the molecule is CCOc1ccc(NC(=O)COC(=O)[C@H](C)NS(=O)(=O)c2c(C)c(C)cc(C)c2C)cc1. The molecule has 174 valence electrons. The molecule has 2 N–H and O–H groups in total. The van der Waals surface area contributed by atoms with Gasteiger partial charge in [0, 0.05) is 5.69 Å². The summed E-state index contributed by atoms with van der Waals surface area (Å²) in [7, 11) is -3.97. The summed E-state index contributed by atoms with van der Waals surface area (Å²) in [6.07, 6.45) is 0. The Morgan fingerprint density at radius 2 is 1.56 bits per heavy atom. The fourth-order valence-corrected chi connectivity index (χ4v) is 4.99. The second kappa shape index (κ2) is 10.6.